The Morgan fingerprint density at radius 3 is 2.42 bits per heavy atom. The number of ether oxygens (including phenoxy) is 1. The van der Waals surface area contributed by atoms with Gasteiger partial charge in [0.1, 0.15) is 23.3 Å². The van der Waals surface area contributed by atoms with Crippen LogP contribution < -0.4 is 20.4 Å². The van der Waals surface area contributed by atoms with Gasteiger partial charge in [-0.25, -0.2) is 9.13 Å². The summed E-state index contributed by atoms with van der Waals surface area (Å²) >= 11 is 0. The molecule has 156 valence electrons. The van der Waals surface area contributed by atoms with Crippen molar-refractivity contribution in [3.8, 4) is 33.8 Å². The van der Waals surface area contributed by atoms with Gasteiger partial charge in [0.15, 0.2) is 0 Å². The molecular formula is C26H27N4O+. The van der Waals surface area contributed by atoms with Gasteiger partial charge in [0, 0.05) is 11.3 Å². The molecule has 2 heterocycles. The van der Waals surface area contributed by atoms with E-state index in [0.717, 1.165) is 71.4 Å². The summed E-state index contributed by atoms with van der Waals surface area (Å²) in [6.45, 7) is 1.94. The van der Waals surface area contributed by atoms with Crippen LogP contribution in [-0.4, -0.2) is 18.2 Å². The van der Waals surface area contributed by atoms with E-state index in [1.165, 1.54) is 0 Å². The smallest absolute Gasteiger partial charge is 0.362 e. The fraction of sp³-hybridized carbons (Fsp3) is 0.192. The number of benzene rings is 3. The zero-order valence-electron chi connectivity index (χ0n) is 17.7. The zero-order chi connectivity index (χ0) is 21.2. The number of fused-ring (bicyclic) bond motifs is 1. The zero-order valence-corrected chi connectivity index (χ0v) is 17.7. The van der Waals surface area contributed by atoms with E-state index in [9.17, 15) is 0 Å². The van der Waals surface area contributed by atoms with Gasteiger partial charge in [0.25, 0.3) is 0 Å². The molecule has 0 aliphatic carbocycles. The number of aromatic nitrogens is 2. The Morgan fingerprint density at radius 2 is 1.65 bits per heavy atom. The van der Waals surface area contributed by atoms with E-state index < -0.39 is 0 Å². The molecule has 5 heteroatoms. The Morgan fingerprint density at radius 1 is 0.903 bits per heavy atom. The third-order valence-electron chi connectivity index (χ3n) is 5.92. The molecule has 31 heavy (non-hydrogen) atoms. The highest BCUT2D eigenvalue weighted by Crippen LogP contribution is 2.32. The lowest BCUT2D eigenvalue weighted by Gasteiger charge is -2.08. The molecular weight excluding hydrogens is 384 g/mol. The second-order valence-corrected chi connectivity index (χ2v) is 7.83. The maximum Gasteiger partial charge on any atom is 0.362 e. The number of anilines is 2. The predicted molar refractivity (Wildman–Crippen MR) is 126 cm³/mol. The van der Waals surface area contributed by atoms with Crippen molar-refractivity contribution in [3.63, 3.8) is 0 Å². The highest BCUT2D eigenvalue weighted by Gasteiger charge is 2.27. The van der Waals surface area contributed by atoms with Gasteiger partial charge in [0.2, 0.25) is 0 Å². The molecule has 0 spiro atoms. The van der Waals surface area contributed by atoms with Gasteiger partial charge < -0.3 is 10.5 Å². The average molecular weight is 412 g/mol. The van der Waals surface area contributed by atoms with E-state index >= 15 is 0 Å². The number of nitrogens with zero attached hydrogens (tertiary/aromatic N) is 2. The number of rotatable bonds is 4. The van der Waals surface area contributed by atoms with E-state index in [1.54, 1.807) is 7.11 Å². The first-order valence-electron chi connectivity index (χ1n) is 10.7. The molecule has 0 fully saturated rings. The molecule has 1 aliphatic heterocycles. The highest BCUT2D eigenvalue weighted by atomic mass is 16.5. The monoisotopic (exact) mass is 411 g/mol. The van der Waals surface area contributed by atoms with Crippen molar-refractivity contribution in [2.24, 2.45) is 0 Å². The number of imidazole rings is 1. The molecule has 1 aliphatic rings. The molecule has 0 saturated carbocycles. The minimum absolute atomic E-state index is 0.792. The number of hydrogen-bond donors (Lipinski definition) is 2. The van der Waals surface area contributed by atoms with Gasteiger partial charge >= 0.3 is 5.95 Å². The van der Waals surface area contributed by atoms with Crippen molar-refractivity contribution >= 4 is 11.6 Å². The number of para-hydroxylation sites is 2. The third-order valence-corrected chi connectivity index (χ3v) is 5.92. The number of nitrogen functional groups attached to an aromatic ring is 1. The average Bonchev–Trinajstić information content (AvgIpc) is 2.99. The maximum absolute atomic E-state index is 6.17. The van der Waals surface area contributed by atoms with Crippen LogP contribution in [0.5, 0.6) is 5.75 Å². The molecule has 0 atom stereocenters. The van der Waals surface area contributed by atoms with Crippen LogP contribution in [-0.2, 0) is 6.54 Å². The summed E-state index contributed by atoms with van der Waals surface area (Å²) in [4.78, 5) is 0. The van der Waals surface area contributed by atoms with Crippen molar-refractivity contribution in [3.05, 3.63) is 79.0 Å². The molecule has 0 unspecified atom stereocenters. The standard InChI is InChI=1S/C26H26N4O/c1-31-25-11-5-3-9-22(25)24-18-30(26-28-16-6-7-17-29(24)26)20-14-12-19(13-15-20)21-8-2-4-10-23(21)27/h2-5,8-15,18H,6-7,16-17,27H2,1H3/p+1. The third kappa shape index (κ3) is 3.52. The molecule has 3 N–H and O–H groups in total. The van der Waals surface area contributed by atoms with E-state index in [1.807, 2.05) is 30.3 Å². The molecule has 0 saturated heterocycles. The van der Waals surface area contributed by atoms with Gasteiger partial charge in [-0.1, -0.05) is 42.5 Å². The topological polar surface area (TPSA) is 56.1 Å². The number of hydrogen-bond acceptors (Lipinski definition) is 3. The Hall–Kier alpha value is -3.73. The minimum atomic E-state index is 0.792. The fourth-order valence-electron chi connectivity index (χ4n) is 4.33. The predicted octanol–water partition coefficient (Wildman–Crippen LogP) is 4.90. The summed E-state index contributed by atoms with van der Waals surface area (Å²) in [6, 6.07) is 24.8. The van der Waals surface area contributed by atoms with Crippen LogP contribution in [0.2, 0.25) is 0 Å². The van der Waals surface area contributed by atoms with Gasteiger partial charge in [0.05, 0.1) is 25.8 Å². The van der Waals surface area contributed by atoms with Crippen LogP contribution >= 0.6 is 0 Å². The molecule has 0 radical (unpaired) electrons. The Bertz CT molecular complexity index is 1210. The molecule has 5 nitrogen and oxygen atoms in total. The van der Waals surface area contributed by atoms with Crippen molar-refractivity contribution < 1.29 is 9.30 Å². The maximum atomic E-state index is 6.17. The van der Waals surface area contributed by atoms with Crippen LogP contribution in [0.15, 0.2) is 79.0 Å². The molecule has 5 rings (SSSR count). The van der Waals surface area contributed by atoms with Crippen LogP contribution in [0.4, 0.5) is 11.6 Å². The van der Waals surface area contributed by atoms with Gasteiger partial charge in [-0.3, -0.25) is 5.32 Å². The quantitative estimate of drug-likeness (QED) is 0.371. The van der Waals surface area contributed by atoms with E-state index in [4.69, 9.17) is 10.5 Å². The van der Waals surface area contributed by atoms with E-state index in [-0.39, 0.29) is 0 Å². The number of nitrogens with two attached hydrogens (primary N) is 1. The van der Waals surface area contributed by atoms with E-state index in [0.29, 0.717) is 0 Å². The van der Waals surface area contributed by atoms with Crippen molar-refractivity contribution in [2.45, 2.75) is 19.4 Å². The SMILES string of the molecule is COc1ccccc1-c1cn(-c2ccc(-c3ccccc3N)cc2)c2[n+]1CCCCN2. The van der Waals surface area contributed by atoms with Crippen molar-refractivity contribution in [1.29, 1.82) is 0 Å². The van der Waals surface area contributed by atoms with Crippen LogP contribution in [0.3, 0.4) is 0 Å². The van der Waals surface area contributed by atoms with Crippen LogP contribution in [0.1, 0.15) is 12.8 Å². The lowest BCUT2D eigenvalue weighted by atomic mass is 10.0. The normalized spacial score (nSPS) is 13.2. The minimum Gasteiger partial charge on any atom is -0.496 e. The Kier molecular flexibility index (Phi) is 5.08. The first-order chi connectivity index (χ1) is 15.3. The van der Waals surface area contributed by atoms with Crippen molar-refractivity contribution in [1.82, 2.24) is 4.57 Å². The first-order valence-corrected chi connectivity index (χ1v) is 10.7. The summed E-state index contributed by atoms with van der Waals surface area (Å²) in [5.41, 5.74) is 12.5. The van der Waals surface area contributed by atoms with Crippen molar-refractivity contribution in [2.75, 3.05) is 24.7 Å². The lowest BCUT2D eigenvalue weighted by molar-refractivity contribution is -0.670. The second kappa shape index (κ2) is 8.19. The van der Waals surface area contributed by atoms with E-state index in [2.05, 4.69) is 63.1 Å². The lowest BCUT2D eigenvalue weighted by Crippen LogP contribution is -2.36. The van der Waals surface area contributed by atoms with Crippen LogP contribution in [0.25, 0.3) is 28.1 Å². The Labute approximate surface area is 182 Å². The summed E-state index contributed by atoms with van der Waals surface area (Å²) < 4.78 is 10.3. The summed E-state index contributed by atoms with van der Waals surface area (Å²) in [7, 11) is 1.73. The molecule has 0 amide bonds. The number of nitrogens with one attached hydrogen (secondary N) is 1. The fourth-order valence-corrected chi connectivity index (χ4v) is 4.33. The summed E-state index contributed by atoms with van der Waals surface area (Å²) in [6.07, 6.45) is 4.50. The first kappa shape index (κ1) is 19.2. The second-order valence-electron chi connectivity index (χ2n) is 7.83. The number of methoxy groups -OCH3 is 1. The highest BCUT2D eigenvalue weighted by molar-refractivity contribution is 5.76. The Balaban J connectivity index is 1.61. The summed E-state index contributed by atoms with van der Waals surface area (Å²) in [5.74, 6) is 1.99. The van der Waals surface area contributed by atoms with Crippen LogP contribution in [0, 0.1) is 0 Å². The molecule has 1 aromatic heterocycles. The van der Waals surface area contributed by atoms with Gasteiger partial charge in [-0.05, 0) is 48.7 Å². The summed E-state index contributed by atoms with van der Waals surface area (Å²) in [5, 5.41) is 3.64. The molecule has 0 bridgehead atoms. The largest absolute Gasteiger partial charge is 0.496 e. The van der Waals surface area contributed by atoms with Gasteiger partial charge in [-0.15, -0.1) is 0 Å². The molecule has 3 aromatic carbocycles. The van der Waals surface area contributed by atoms with Gasteiger partial charge in [-0.2, -0.15) is 0 Å². The molecule has 4 aromatic rings.